The first-order chi connectivity index (χ1) is 10.3. The van der Waals surface area contributed by atoms with Crippen molar-refractivity contribution in [3.63, 3.8) is 0 Å². The van der Waals surface area contributed by atoms with E-state index in [1.165, 1.54) is 96.3 Å². The third-order valence-corrected chi connectivity index (χ3v) is 4.36. The van der Waals surface area contributed by atoms with Gasteiger partial charge in [-0.2, -0.15) is 0 Å². The van der Waals surface area contributed by atoms with Gasteiger partial charge in [0, 0.05) is 6.61 Å². The molecule has 0 aromatic rings. The topological polar surface area (TPSA) is 9.23 Å². The van der Waals surface area contributed by atoms with Crippen LogP contribution in [0.5, 0.6) is 0 Å². The number of hydrogen-bond acceptors (Lipinski definition) is 1. The molecule has 1 heteroatoms. The molecule has 0 aliphatic heterocycles. The number of ether oxygens (including phenoxy) is 1. The van der Waals surface area contributed by atoms with E-state index in [0.717, 1.165) is 6.61 Å². The molecule has 1 nitrogen and oxygen atoms in total. The second kappa shape index (κ2) is 18.0. The molecule has 0 heterocycles. The van der Waals surface area contributed by atoms with Gasteiger partial charge in [-0.1, -0.05) is 97.3 Å². The summed E-state index contributed by atoms with van der Waals surface area (Å²) in [6.45, 7) is 7.77. The van der Waals surface area contributed by atoms with Gasteiger partial charge in [0.25, 0.3) is 0 Å². The van der Waals surface area contributed by atoms with Gasteiger partial charge in [0.05, 0.1) is 6.10 Å². The summed E-state index contributed by atoms with van der Waals surface area (Å²) in [4.78, 5) is 0. The Kier molecular flexibility index (Phi) is 18.0. The number of hydrogen-bond donors (Lipinski definition) is 0. The monoisotopic (exact) mass is 298 g/mol. The minimum Gasteiger partial charge on any atom is -0.379 e. The van der Waals surface area contributed by atoms with E-state index in [-0.39, 0.29) is 0 Å². The summed E-state index contributed by atoms with van der Waals surface area (Å²) in [5, 5.41) is 0. The van der Waals surface area contributed by atoms with Crippen molar-refractivity contribution in [2.45, 2.75) is 123 Å². The van der Waals surface area contributed by atoms with Gasteiger partial charge in [-0.05, 0) is 19.8 Å². The average Bonchev–Trinajstić information content (AvgIpc) is 2.49. The first-order valence-corrected chi connectivity index (χ1v) is 9.92. The lowest BCUT2D eigenvalue weighted by molar-refractivity contribution is 0.0557. The van der Waals surface area contributed by atoms with Gasteiger partial charge in [0.1, 0.15) is 0 Å². The quantitative estimate of drug-likeness (QED) is 0.256. The molecule has 0 aromatic heterocycles. The molecule has 128 valence electrons. The summed E-state index contributed by atoms with van der Waals surface area (Å²) >= 11 is 0. The molecule has 0 saturated carbocycles. The van der Waals surface area contributed by atoms with E-state index >= 15 is 0 Å². The van der Waals surface area contributed by atoms with Crippen LogP contribution in [0.1, 0.15) is 117 Å². The zero-order valence-electron chi connectivity index (χ0n) is 15.3. The lowest BCUT2D eigenvalue weighted by Gasteiger charge is -2.12. The van der Waals surface area contributed by atoms with Crippen molar-refractivity contribution in [1.29, 1.82) is 0 Å². The highest BCUT2D eigenvalue weighted by molar-refractivity contribution is 4.52. The molecule has 21 heavy (non-hydrogen) atoms. The van der Waals surface area contributed by atoms with Crippen LogP contribution in [0.4, 0.5) is 0 Å². The van der Waals surface area contributed by atoms with Crippen LogP contribution in [0.2, 0.25) is 0 Å². The number of rotatable bonds is 17. The molecule has 0 rings (SSSR count). The van der Waals surface area contributed by atoms with Crippen LogP contribution in [0.15, 0.2) is 0 Å². The minimum absolute atomic E-state index is 0.473. The largest absolute Gasteiger partial charge is 0.379 e. The van der Waals surface area contributed by atoms with Gasteiger partial charge in [-0.25, -0.2) is 0 Å². The SMILES string of the molecule is CCCCCCCCCCCCOC(C)CCCCCC. The fourth-order valence-corrected chi connectivity index (χ4v) is 2.82. The van der Waals surface area contributed by atoms with E-state index < -0.39 is 0 Å². The molecular weight excluding hydrogens is 256 g/mol. The van der Waals surface area contributed by atoms with E-state index in [4.69, 9.17) is 4.74 Å². The van der Waals surface area contributed by atoms with Crippen molar-refractivity contribution in [3.05, 3.63) is 0 Å². The molecule has 0 radical (unpaired) electrons. The number of unbranched alkanes of at least 4 members (excludes halogenated alkanes) is 12. The first kappa shape index (κ1) is 21.0. The summed E-state index contributed by atoms with van der Waals surface area (Å²) in [6, 6.07) is 0. The minimum atomic E-state index is 0.473. The van der Waals surface area contributed by atoms with Crippen molar-refractivity contribution < 1.29 is 4.74 Å². The zero-order valence-corrected chi connectivity index (χ0v) is 15.3. The Morgan fingerprint density at radius 3 is 1.52 bits per heavy atom. The van der Waals surface area contributed by atoms with Gasteiger partial charge in [-0.15, -0.1) is 0 Å². The molecule has 0 aromatic carbocycles. The molecule has 0 saturated heterocycles. The second-order valence-corrected chi connectivity index (χ2v) is 6.71. The molecule has 0 fully saturated rings. The summed E-state index contributed by atoms with van der Waals surface area (Å²) < 4.78 is 5.89. The lowest BCUT2D eigenvalue weighted by atomic mass is 10.1. The van der Waals surface area contributed by atoms with Crippen molar-refractivity contribution >= 4 is 0 Å². The molecule has 1 atom stereocenters. The van der Waals surface area contributed by atoms with Crippen LogP contribution in [0, 0.1) is 0 Å². The second-order valence-electron chi connectivity index (χ2n) is 6.71. The fraction of sp³-hybridized carbons (Fsp3) is 1.00. The molecule has 0 spiro atoms. The molecule has 0 N–H and O–H groups in total. The van der Waals surface area contributed by atoms with E-state index in [2.05, 4.69) is 20.8 Å². The third kappa shape index (κ3) is 17.9. The van der Waals surface area contributed by atoms with Crippen molar-refractivity contribution in [3.8, 4) is 0 Å². The highest BCUT2D eigenvalue weighted by atomic mass is 16.5. The van der Waals surface area contributed by atoms with Crippen LogP contribution in [-0.2, 0) is 4.74 Å². The van der Waals surface area contributed by atoms with Gasteiger partial charge in [0.15, 0.2) is 0 Å². The van der Waals surface area contributed by atoms with Crippen LogP contribution < -0.4 is 0 Å². The van der Waals surface area contributed by atoms with Gasteiger partial charge < -0.3 is 4.74 Å². The van der Waals surface area contributed by atoms with Crippen LogP contribution in [-0.4, -0.2) is 12.7 Å². The van der Waals surface area contributed by atoms with E-state index in [9.17, 15) is 0 Å². The van der Waals surface area contributed by atoms with Crippen LogP contribution in [0.25, 0.3) is 0 Å². The summed E-state index contributed by atoms with van der Waals surface area (Å²) in [5.74, 6) is 0. The molecule has 0 amide bonds. The predicted octanol–water partition coefficient (Wildman–Crippen LogP) is 7.28. The normalized spacial score (nSPS) is 12.7. The van der Waals surface area contributed by atoms with E-state index in [1.54, 1.807) is 0 Å². The van der Waals surface area contributed by atoms with Crippen molar-refractivity contribution in [2.75, 3.05) is 6.61 Å². The average molecular weight is 299 g/mol. The summed E-state index contributed by atoms with van der Waals surface area (Å²) in [5.41, 5.74) is 0. The van der Waals surface area contributed by atoms with Crippen LogP contribution in [0.3, 0.4) is 0 Å². The zero-order chi connectivity index (χ0) is 15.6. The Labute approximate surface area is 135 Å². The molecule has 0 bridgehead atoms. The lowest BCUT2D eigenvalue weighted by Crippen LogP contribution is -2.09. The van der Waals surface area contributed by atoms with Gasteiger partial charge in [-0.3, -0.25) is 0 Å². The van der Waals surface area contributed by atoms with E-state index in [0.29, 0.717) is 6.10 Å². The maximum atomic E-state index is 5.89. The smallest absolute Gasteiger partial charge is 0.0547 e. The van der Waals surface area contributed by atoms with E-state index in [1.807, 2.05) is 0 Å². The van der Waals surface area contributed by atoms with Crippen molar-refractivity contribution in [2.24, 2.45) is 0 Å². The highest BCUT2D eigenvalue weighted by Gasteiger charge is 2.01. The van der Waals surface area contributed by atoms with Gasteiger partial charge in [0.2, 0.25) is 0 Å². The Balaban J connectivity index is 3.07. The Hall–Kier alpha value is -0.0400. The summed E-state index contributed by atoms with van der Waals surface area (Å²) in [7, 11) is 0. The van der Waals surface area contributed by atoms with Gasteiger partial charge >= 0.3 is 0 Å². The molecule has 0 aliphatic rings. The predicted molar refractivity (Wildman–Crippen MR) is 96.0 cm³/mol. The summed E-state index contributed by atoms with van der Waals surface area (Å²) in [6.07, 6.45) is 21.2. The first-order valence-electron chi connectivity index (χ1n) is 9.92. The Morgan fingerprint density at radius 2 is 1.00 bits per heavy atom. The third-order valence-electron chi connectivity index (χ3n) is 4.36. The molecule has 0 aliphatic carbocycles. The fourth-order valence-electron chi connectivity index (χ4n) is 2.82. The Morgan fingerprint density at radius 1 is 0.571 bits per heavy atom. The highest BCUT2D eigenvalue weighted by Crippen LogP contribution is 2.12. The molecule has 1 unspecified atom stereocenters. The molecular formula is C20H42O. The standard InChI is InChI=1S/C20H42O/c1-4-6-8-10-11-12-13-14-15-17-19-21-20(3)18-16-9-7-5-2/h20H,4-19H2,1-3H3. The maximum Gasteiger partial charge on any atom is 0.0547 e. The maximum absolute atomic E-state index is 5.89. The van der Waals surface area contributed by atoms with Crippen molar-refractivity contribution in [1.82, 2.24) is 0 Å². The Bertz CT molecular complexity index is 179. The van der Waals surface area contributed by atoms with Crippen LogP contribution >= 0.6 is 0 Å².